The van der Waals surface area contributed by atoms with Crippen molar-refractivity contribution in [3.05, 3.63) is 29.8 Å². The van der Waals surface area contributed by atoms with Gasteiger partial charge in [0.1, 0.15) is 0 Å². The predicted molar refractivity (Wildman–Crippen MR) is 83.1 cm³/mol. The van der Waals surface area contributed by atoms with Crippen molar-refractivity contribution in [3.63, 3.8) is 0 Å². The molecule has 1 fully saturated rings. The molecule has 1 aromatic carbocycles. The first-order valence-corrected chi connectivity index (χ1v) is 7.55. The maximum Gasteiger partial charge on any atom is 0.238 e. The van der Waals surface area contributed by atoms with Gasteiger partial charge in [0.05, 0.1) is 13.1 Å². The van der Waals surface area contributed by atoms with Gasteiger partial charge in [-0.2, -0.15) is 0 Å². The third-order valence-corrected chi connectivity index (χ3v) is 3.54. The summed E-state index contributed by atoms with van der Waals surface area (Å²) < 4.78 is 0. The van der Waals surface area contributed by atoms with E-state index in [0.717, 1.165) is 18.7 Å². The molecule has 0 atom stereocenters. The fourth-order valence-electron chi connectivity index (χ4n) is 2.37. The molecule has 2 amide bonds. The van der Waals surface area contributed by atoms with E-state index in [1.54, 1.807) is 0 Å². The molecule has 5 nitrogen and oxygen atoms in total. The number of hydrogen-bond acceptors (Lipinski definition) is 3. The zero-order chi connectivity index (χ0) is 15.1. The van der Waals surface area contributed by atoms with Crippen LogP contribution < -0.4 is 10.6 Å². The lowest BCUT2D eigenvalue weighted by molar-refractivity contribution is -0.125. The fourth-order valence-corrected chi connectivity index (χ4v) is 2.37. The Morgan fingerprint density at radius 3 is 2.76 bits per heavy atom. The van der Waals surface area contributed by atoms with Crippen molar-refractivity contribution in [2.24, 2.45) is 0 Å². The molecule has 2 rings (SSSR count). The lowest BCUT2D eigenvalue weighted by Crippen LogP contribution is -2.49. The molecule has 0 aliphatic carbocycles. The van der Waals surface area contributed by atoms with Crippen molar-refractivity contribution in [1.29, 1.82) is 0 Å². The van der Waals surface area contributed by atoms with Crippen LogP contribution in [0.2, 0.25) is 0 Å². The van der Waals surface area contributed by atoms with Gasteiger partial charge in [-0.1, -0.05) is 25.5 Å². The van der Waals surface area contributed by atoms with Crippen LogP contribution in [0.1, 0.15) is 25.3 Å². The SMILES string of the molecule is CCCCc1ccc(NC(=O)CN2CCNC(=O)C2)cc1. The average molecular weight is 289 g/mol. The lowest BCUT2D eigenvalue weighted by atomic mass is 10.1. The minimum Gasteiger partial charge on any atom is -0.354 e. The highest BCUT2D eigenvalue weighted by atomic mass is 16.2. The number of anilines is 1. The monoisotopic (exact) mass is 289 g/mol. The molecule has 0 unspecified atom stereocenters. The Balaban J connectivity index is 1.80. The quantitative estimate of drug-likeness (QED) is 0.832. The minimum atomic E-state index is -0.0778. The molecule has 5 heteroatoms. The van der Waals surface area contributed by atoms with Crippen LogP contribution >= 0.6 is 0 Å². The zero-order valence-corrected chi connectivity index (χ0v) is 12.5. The van der Waals surface area contributed by atoms with Crippen molar-refractivity contribution in [3.8, 4) is 0 Å². The predicted octanol–water partition coefficient (Wildman–Crippen LogP) is 1.40. The molecule has 1 aromatic rings. The van der Waals surface area contributed by atoms with E-state index in [2.05, 4.69) is 29.7 Å². The normalized spacial score (nSPS) is 15.6. The maximum atomic E-state index is 12.0. The molecule has 0 saturated carbocycles. The second-order valence-electron chi connectivity index (χ2n) is 5.41. The first-order chi connectivity index (χ1) is 10.2. The summed E-state index contributed by atoms with van der Waals surface area (Å²) in [6, 6.07) is 7.98. The Morgan fingerprint density at radius 2 is 2.10 bits per heavy atom. The summed E-state index contributed by atoms with van der Waals surface area (Å²) >= 11 is 0. The van der Waals surface area contributed by atoms with Crippen LogP contribution in [-0.4, -0.2) is 42.9 Å². The molecule has 1 aliphatic rings. The number of nitrogens with one attached hydrogen (secondary N) is 2. The Morgan fingerprint density at radius 1 is 1.33 bits per heavy atom. The smallest absolute Gasteiger partial charge is 0.238 e. The lowest BCUT2D eigenvalue weighted by Gasteiger charge is -2.25. The molecule has 0 bridgehead atoms. The van der Waals surface area contributed by atoms with Gasteiger partial charge in [0.2, 0.25) is 11.8 Å². The molecule has 114 valence electrons. The molecule has 1 saturated heterocycles. The Hall–Kier alpha value is -1.88. The first kappa shape index (κ1) is 15.5. The van der Waals surface area contributed by atoms with Crippen LogP contribution in [0.4, 0.5) is 5.69 Å². The number of carbonyl (C=O) groups excluding carboxylic acids is 2. The Bertz CT molecular complexity index is 485. The minimum absolute atomic E-state index is 0.0191. The zero-order valence-electron chi connectivity index (χ0n) is 12.5. The van der Waals surface area contributed by atoms with E-state index in [1.165, 1.54) is 18.4 Å². The second-order valence-corrected chi connectivity index (χ2v) is 5.41. The number of rotatable bonds is 6. The van der Waals surface area contributed by atoms with Crippen molar-refractivity contribution in [2.45, 2.75) is 26.2 Å². The summed E-state index contributed by atoms with van der Waals surface area (Å²) in [6.45, 7) is 4.05. The highest BCUT2D eigenvalue weighted by Gasteiger charge is 2.18. The number of nitrogens with zero attached hydrogens (tertiary/aromatic N) is 1. The van der Waals surface area contributed by atoms with Gasteiger partial charge < -0.3 is 10.6 Å². The van der Waals surface area contributed by atoms with E-state index >= 15 is 0 Å². The molecule has 21 heavy (non-hydrogen) atoms. The number of amides is 2. The van der Waals surface area contributed by atoms with E-state index < -0.39 is 0 Å². The van der Waals surface area contributed by atoms with Crippen LogP contribution in [0.3, 0.4) is 0 Å². The molecule has 0 radical (unpaired) electrons. The van der Waals surface area contributed by atoms with E-state index in [4.69, 9.17) is 0 Å². The Kier molecular flexibility index (Phi) is 5.75. The third kappa shape index (κ3) is 5.19. The summed E-state index contributed by atoms with van der Waals surface area (Å²) in [5.41, 5.74) is 2.10. The van der Waals surface area contributed by atoms with E-state index in [0.29, 0.717) is 13.1 Å². The van der Waals surface area contributed by atoms with Crippen molar-refractivity contribution in [1.82, 2.24) is 10.2 Å². The van der Waals surface area contributed by atoms with Crippen LogP contribution in [0.5, 0.6) is 0 Å². The van der Waals surface area contributed by atoms with Crippen molar-refractivity contribution < 1.29 is 9.59 Å². The van der Waals surface area contributed by atoms with Crippen LogP contribution in [0, 0.1) is 0 Å². The molecule has 0 aromatic heterocycles. The molecular formula is C16H23N3O2. The van der Waals surface area contributed by atoms with Gasteiger partial charge in [0.15, 0.2) is 0 Å². The van der Waals surface area contributed by atoms with E-state index in [1.807, 2.05) is 17.0 Å². The summed E-state index contributed by atoms with van der Waals surface area (Å²) in [7, 11) is 0. The summed E-state index contributed by atoms with van der Waals surface area (Å²) in [6.07, 6.45) is 3.44. The van der Waals surface area contributed by atoms with Gasteiger partial charge in [-0.3, -0.25) is 14.5 Å². The van der Waals surface area contributed by atoms with Crippen LogP contribution in [-0.2, 0) is 16.0 Å². The van der Waals surface area contributed by atoms with Crippen molar-refractivity contribution >= 4 is 17.5 Å². The second kappa shape index (κ2) is 7.78. The Labute approximate surface area is 125 Å². The van der Waals surface area contributed by atoms with Crippen LogP contribution in [0.15, 0.2) is 24.3 Å². The van der Waals surface area contributed by atoms with Gasteiger partial charge >= 0.3 is 0 Å². The summed E-state index contributed by atoms with van der Waals surface area (Å²) in [5, 5.41) is 5.62. The third-order valence-electron chi connectivity index (χ3n) is 3.54. The van der Waals surface area contributed by atoms with E-state index in [9.17, 15) is 9.59 Å². The fraction of sp³-hybridized carbons (Fsp3) is 0.500. The van der Waals surface area contributed by atoms with Gasteiger partial charge in [-0.05, 0) is 30.5 Å². The number of piperazine rings is 1. The van der Waals surface area contributed by atoms with Crippen molar-refractivity contribution in [2.75, 3.05) is 31.5 Å². The summed E-state index contributed by atoms with van der Waals surface area (Å²) in [5.74, 6) is -0.0969. The number of hydrogen-bond donors (Lipinski definition) is 2. The number of aryl methyl sites for hydroxylation is 1. The van der Waals surface area contributed by atoms with Gasteiger partial charge in [0, 0.05) is 18.8 Å². The van der Waals surface area contributed by atoms with Gasteiger partial charge in [0.25, 0.3) is 0 Å². The average Bonchev–Trinajstić information content (AvgIpc) is 2.46. The number of benzene rings is 1. The highest BCUT2D eigenvalue weighted by molar-refractivity contribution is 5.92. The van der Waals surface area contributed by atoms with E-state index in [-0.39, 0.29) is 18.4 Å². The molecule has 1 aliphatic heterocycles. The summed E-state index contributed by atoms with van der Waals surface area (Å²) in [4.78, 5) is 25.1. The topological polar surface area (TPSA) is 61.4 Å². The van der Waals surface area contributed by atoms with Gasteiger partial charge in [-0.15, -0.1) is 0 Å². The van der Waals surface area contributed by atoms with Crippen LogP contribution in [0.25, 0.3) is 0 Å². The first-order valence-electron chi connectivity index (χ1n) is 7.55. The van der Waals surface area contributed by atoms with Gasteiger partial charge in [-0.25, -0.2) is 0 Å². The largest absolute Gasteiger partial charge is 0.354 e. The highest BCUT2D eigenvalue weighted by Crippen LogP contribution is 2.11. The molecule has 0 spiro atoms. The maximum absolute atomic E-state index is 12.0. The number of unbranched alkanes of at least 4 members (excludes halogenated alkanes) is 1. The molecule has 1 heterocycles. The molecule has 2 N–H and O–H groups in total. The number of carbonyl (C=O) groups is 2. The molecular weight excluding hydrogens is 266 g/mol. The standard InChI is InChI=1S/C16H23N3O2/c1-2-3-4-13-5-7-14(8-6-13)18-16(21)12-19-10-9-17-15(20)11-19/h5-8H,2-4,9-12H2,1H3,(H,17,20)(H,18,21).